The summed E-state index contributed by atoms with van der Waals surface area (Å²) in [5.74, 6) is -3.13. The molecule has 2 N–H and O–H groups in total. The van der Waals surface area contributed by atoms with Crippen molar-refractivity contribution in [3.05, 3.63) is 46.9 Å². The van der Waals surface area contributed by atoms with E-state index in [4.69, 9.17) is 10.4 Å². The predicted octanol–water partition coefficient (Wildman–Crippen LogP) is 2.82. The molecule has 0 saturated heterocycles. The molecule has 0 bridgehead atoms. The van der Waals surface area contributed by atoms with Gasteiger partial charge in [-0.3, -0.25) is 9.59 Å². The average Bonchev–Trinajstić information content (AvgIpc) is 2.53. The minimum absolute atomic E-state index is 0.0265. The average molecular weight is 328 g/mol. The van der Waals surface area contributed by atoms with Crippen molar-refractivity contribution in [2.45, 2.75) is 19.8 Å². The van der Waals surface area contributed by atoms with E-state index in [0.29, 0.717) is 5.56 Å². The molecule has 1 aromatic heterocycles. The number of ketones is 1. The summed E-state index contributed by atoms with van der Waals surface area (Å²) >= 11 is 0. The van der Waals surface area contributed by atoms with Gasteiger partial charge in [0.1, 0.15) is 17.6 Å². The maximum Gasteiger partial charge on any atom is 0.303 e. The lowest BCUT2D eigenvalue weighted by molar-refractivity contribution is -0.136. The molecule has 1 aromatic carbocycles. The highest BCUT2D eigenvalue weighted by molar-refractivity contribution is 5.99. The van der Waals surface area contributed by atoms with Crippen LogP contribution in [-0.4, -0.2) is 26.9 Å². The number of nitriles is 1. The number of aromatic hydroxyl groups is 1. The molecule has 2 rings (SSSR count). The van der Waals surface area contributed by atoms with Crippen LogP contribution in [0.4, 0.5) is 4.39 Å². The Bertz CT molecular complexity index is 851. The number of aryl methyl sites for hydroxylation is 1. The molecule has 0 fully saturated rings. The van der Waals surface area contributed by atoms with Crippen molar-refractivity contribution < 1.29 is 24.2 Å². The van der Waals surface area contributed by atoms with Crippen molar-refractivity contribution in [1.29, 1.82) is 5.26 Å². The molecule has 7 heteroatoms. The molecule has 122 valence electrons. The Kier molecular flexibility index (Phi) is 4.90. The van der Waals surface area contributed by atoms with Crippen molar-refractivity contribution in [1.82, 2.24) is 4.98 Å². The van der Waals surface area contributed by atoms with Crippen LogP contribution in [0.3, 0.4) is 0 Å². The van der Waals surface area contributed by atoms with E-state index in [9.17, 15) is 19.1 Å². The summed E-state index contributed by atoms with van der Waals surface area (Å²) in [6, 6.07) is 7.29. The molecular weight excluding hydrogens is 315 g/mol. The highest BCUT2D eigenvalue weighted by Crippen LogP contribution is 2.31. The number of carboxylic acid groups (broad SMARTS) is 1. The molecule has 1 heterocycles. The third kappa shape index (κ3) is 3.38. The Hall–Kier alpha value is -3.27. The molecular formula is C17H13FN2O4. The van der Waals surface area contributed by atoms with E-state index in [0.717, 1.165) is 0 Å². The van der Waals surface area contributed by atoms with Gasteiger partial charge in [-0.2, -0.15) is 5.26 Å². The number of nitrogens with zero attached hydrogens (tertiary/aromatic N) is 2. The minimum Gasteiger partial charge on any atom is -0.504 e. The predicted molar refractivity (Wildman–Crippen MR) is 81.9 cm³/mol. The topological polar surface area (TPSA) is 111 Å². The van der Waals surface area contributed by atoms with Gasteiger partial charge in [0.2, 0.25) is 0 Å². The second-order valence-corrected chi connectivity index (χ2v) is 5.11. The number of carboxylic acids is 1. The normalized spacial score (nSPS) is 10.2. The van der Waals surface area contributed by atoms with Crippen molar-refractivity contribution in [3.63, 3.8) is 0 Å². The summed E-state index contributed by atoms with van der Waals surface area (Å²) < 4.78 is 14.1. The van der Waals surface area contributed by atoms with E-state index >= 15 is 0 Å². The zero-order valence-corrected chi connectivity index (χ0v) is 12.7. The summed E-state index contributed by atoms with van der Waals surface area (Å²) in [6.07, 6.45) is -0.828. The Morgan fingerprint density at radius 2 is 2.04 bits per heavy atom. The standard InChI is InChI=1S/C17H13FN2O4/c1-9-3-2-4-11(18)15(9)12-7-10(8-19)17(24)16(20-12)13(21)5-6-14(22)23/h2-4,7,24H,5-6H2,1H3,(H,22,23). The Morgan fingerprint density at radius 3 is 2.62 bits per heavy atom. The number of rotatable bonds is 5. The van der Waals surface area contributed by atoms with Gasteiger partial charge in [-0.15, -0.1) is 0 Å². The molecule has 0 aliphatic rings. The third-order valence-electron chi connectivity index (χ3n) is 3.42. The molecule has 0 aliphatic carbocycles. The van der Waals surface area contributed by atoms with Gasteiger partial charge in [-0.25, -0.2) is 9.37 Å². The molecule has 24 heavy (non-hydrogen) atoms. The van der Waals surface area contributed by atoms with Crippen LogP contribution in [0.1, 0.15) is 34.5 Å². The van der Waals surface area contributed by atoms with E-state index in [1.807, 2.05) is 0 Å². The summed E-state index contributed by atoms with van der Waals surface area (Å²) in [5, 5.41) is 27.8. The lowest BCUT2D eigenvalue weighted by Gasteiger charge is -2.10. The number of aliphatic carboxylic acids is 1. The first-order chi connectivity index (χ1) is 11.3. The fourth-order valence-corrected chi connectivity index (χ4v) is 2.24. The quantitative estimate of drug-likeness (QED) is 0.816. The lowest BCUT2D eigenvalue weighted by Crippen LogP contribution is -2.08. The van der Waals surface area contributed by atoms with Gasteiger partial charge in [0, 0.05) is 12.0 Å². The summed E-state index contributed by atoms with van der Waals surface area (Å²) in [6.45, 7) is 1.64. The van der Waals surface area contributed by atoms with Crippen molar-refractivity contribution in [2.75, 3.05) is 0 Å². The zero-order chi connectivity index (χ0) is 17.9. The fraction of sp³-hybridized carbons (Fsp3) is 0.176. The van der Waals surface area contributed by atoms with Crippen LogP contribution in [0, 0.1) is 24.1 Å². The maximum absolute atomic E-state index is 14.1. The number of carbonyl (C=O) groups is 2. The lowest BCUT2D eigenvalue weighted by atomic mass is 10.0. The molecule has 0 spiro atoms. The SMILES string of the molecule is Cc1cccc(F)c1-c1cc(C#N)c(O)c(C(=O)CCC(=O)O)n1. The van der Waals surface area contributed by atoms with Crippen LogP contribution in [0.25, 0.3) is 11.3 Å². The van der Waals surface area contributed by atoms with Gasteiger partial charge in [-0.05, 0) is 24.6 Å². The van der Waals surface area contributed by atoms with Crippen molar-refractivity contribution in [3.8, 4) is 23.1 Å². The number of halogens is 1. The first kappa shape index (κ1) is 17.1. The van der Waals surface area contributed by atoms with Gasteiger partial charge in [-0.1, -0.05) is 12.1 Å². The Morgan fingerprint density at radius 1 is 1.33 bits per heavy atom. The molecule has 2 aromatic rings. The molecule has 0 saturated carbocycles. The molecule has 0 unspecified atom stereocenters. The van der Waals surface area contributed by atoms with Crippen LogP contribution < -0.4 is 0 Å². The second-order valence-electron chi connectivity index (χ2n) is 5.11. The smallest absolute Gasteiger partial charge is 0.303 e. The zero-order valence-electron chi connectivity index (χ0n) is 12.7. The molecule has 0 aliphatic heterocycles. The van der Waals surface area contributed by atoms with E-state index in [1.165, 1.54) is 18.2 Å². The number of aromatic nitrogens is 1. The van der Waals surface area contributed by atoms with Gasteiger partial charge in [0.15, 0.2) is 11.5 Å². The van der Waals surface area contributed by atoms with Gasteiger partial charge < -0.3 is 10.2 Å². The first-order valence-electron chi connectivity index (χ1n) is 6.99. The van der Waals surface area contributed by atoms with E-state index in [-0.39, 0.29) is 23.2 Å². The summed E-state index contributed by atoms with van der Waals surface area (Å²) in [7, 11) is 0. The van der Waals surface area contributed by atoms with Gasteiger partial charge >= 0.3 is 5.97 Å². The molecule has 6 nitrogen and oxygen atoms in total. The summed E-state index contributed by atoms with van der Waals surface area (Å²) in [5.41, 5.74) is 0.00945. The number of hydrogen-bond donors (Lipinski definition) is 2. The minimum atomic E-state index is -1.18. The highest BCUT2D eigenvalue weighted by Gasteiger charge is 2.21. The van der Waals surface area contributed by atoms with Crippen LogP contribution in [0.5, 0.6) is 5.75 Å². The number of benzene rings is 1. The largest absolute Gasteiger partial charge is 0.504 e. The number of pyridine rings is 1. The maximum atomic E-state index is 14.1. The second kappa shape index (κ2) is 6.87. The Balaban J connectivity index is 2.60. The number of hydrogen-bond acceptors (Lipinski definition) is 5. The van der Waals surface area contributed by atoms with E-state index in [1.54, 1.807) is 19.1 Å². The third-order valence-corrected chi connectivity index (χ3v) is 3.42. The van der Waals surface area contributed by atoms with E-state index < -0.39 is 35.4 Å². The molecule has 0 amide bonds. The molecule has 0 radical (unpaired) electrons. The fourth-order valence-electron chi connectivity index (χ4n) is 2.24. The van der Waals surface area contributed by atoms with Crippen LogP contribution in [-0.2, 0) is 4.79 Å². The van der Waals surface area contributed by atoms with Gasteiger partial charge in [0.05, 0.1) is 17.7 Å². The first-order valence-corrected chi connectivity index (χ1v) is 6.99. The monoisotopic (exact) mass is 328 g/mol. The van der Waals surface area contributed by atoms with Crippen LogP contribution in [0.15, 0.2) is 24.3 Å². The van der Waals surface area contributed by atoms with Gasteiger partial charge in [0.25, 0.3) is 0 Å². The Labute approximate surface area is 136 Å². The van der Waals surface area contributed by atoms with Crippen molar-refractivity contribution >= 4 is 11.8 Å². The van der Waals surface area contributed by atoms with Crippen LogP contribution >= 0.6 is 0 Å². The number of carbonyl (C=O) groups excluding carboxylic acids is 1. The number of Topliss-reactive ketones (excluding diaryl/α,β-unsaturated/α-hetero) is 1. The highest BCUT2D eigenvalue weighted by atomic mass is 19.1. The molecule has 0 atom stereocenters. The van der Waals surface area contributed by atoms with Crippen LogP contribution in [0.2, 0.25) is 0 Å². The van der Waals surface area contributed by atoms with E-state index in [2.05, 4.69) is 4.98 Å². The van der Waals surface area contributed by atoms with Crippen molar-refractivity contribution in [2.24, 2.45) is 0 Å². The summed E-state index contributed by atoms with van der Waals surface area (Å²) in [4.78, 5) is 26.7.